The predicted octanol–water partition coefficient (Wildman–Crippen LogP) is 3.58. The van der Waals surface area contributed by atoms with Crippen molar-refractivity contribution in [3.8, 4) is 11.5 Å². The van der Waals surface area contributed by atoms with E-state index in [0.29, 0.717) is 18.3 Å². The number of hydrogen-bond acceptors (Lipinski definition) is 4. The summed E-state index contributed by atoms with van der Waals surface area (Å²) < 4.78 is 5.07. The summed E-state index contributed by atoms with van der Waals surface area (Å²) in [6.45, 7) is 13.3. The van der Waals surface area contributed by atoms with E-state index in [2.05, 4.69) is 48.2 Å². The number of phenols is 1. The number of halogens is 1. The van der Waals surface area contributed by atoms with Gasteiger partial charge < -0.3 is 25.4 Å². The summed E-state index contributed by atoms with van der Waals surface area (Å²) in [5.41, 5.74) is 0.940. The van der Waals surface area contributed by atoms with Crippen LogP contribution >= 0.6 is 24.0 Å². The topological polar surface area (TPSA) is 69.1 Å². The van der Waals surface area contributed by atoms with Gasteiger partial charge in [0.25, 0.3) is 0 Å². The van der Waals surface area contributed by atoms with Crippen LogP contribution in [0.15, 0.2) is 23.2 Å². The highest BCUT2D eigenvalue weighted by Crippen LogP contribution is 2.26. The standard InChI is InChI=1S/C20H36N4O2.HI/c1-6-21-20(23-16(4)10-9-13-24(7-2)8-3)22-15-17-11-12-19(26-5)18(25)14-17;/h11-12,14,16,25H,6-10,13,15H2,1-5H3,(H2,21,22,23);1H. The van der Waals surface area contributed by atoms with Crippen molar-refractivity contribution < 1.29 is 9.84 Å². The second kappa shape index (κ2) is 14.8. The maximum atomic E-state index is 9.88. The van der Waals surface area contributed by atoms with E-state index in [1.165, 1.54) is 6.42 Å². The zero-order valence-corrected chi connectivity index (χ0v) is 19.7. The summed E-state index contributed by atoms with van der Waals surface area (Å²) in [7, 11) is 1.54. The fourth-order valence-corrected chi connectivity index (χ4v) is 2.79. The minimum Gasteiger partial charge on any atom is -0.504 e. The summed E-state index contributed by atoms with van der Waals surface area (Å²) in [5, 5.41) is 16.6. The Hall–Kier alpha value is -1.22. The van der Waals surface area contributed by atoms with Crippen LogP contribution in [-0.4, -0.2) is 55.3 Å². The van der Waals surface area contributed by atoms with E-state index in [1.807, 2.05) is 6.07 Å². The van der Waals surface area contributed by atoms with Gasteiger partial charge in [0.05, 0.1) is 13.7 Å². The maximum absolute atomic E-state index is 9.88. The van der Waals surface area contributed by atoms with Crippen LogP contribution in [0.1, 0.15) is 46.1 Å². The van der Waals surface area contributed by atoms with Gasteiger partial charge >= 0.3 is 0 Å². The molecule has 156 valence electrons. The van der Waals surface area contributed by atoms with Crippen molar-refractivity contribution in [2.75, 3.05) is 33.3 Å². The highest BCUT2D eigenvalue weighted by atomic mass is 127. The fraction of sp³-hybridized carbons (Fsp3) is 0.650. The minimum absolute atomic E-state index is 0. The van der Waals surface area contributed by atoms with E-state index < -0.39 is 0 Å². The molecule has 27 heavy (non-hydrogen) atoms. The molecule has 3 N–H and O–H groups in total. The molecule has 1 unspecified atom stereocenters. The van der Waals surface area contributed by atoms with Crippen LogP contribution < -0.4 is 15.4 Å². The Morgan fingerprint density at radius 2 is 1.96 bits per heavy atom. The number of benzene rings is 1. The lowest BCUT2D eigenvalue weighted by atomic mass is 10.2. The molecule has 1 aromatic carbocycles. The van der Waals surface area contributed by atoms with Crippen LogP contribution in [0.5, 0.6) is 11.5 Å². The quantitative estimate of drug-likeness (QED) is 0.250. The molecule has 1 aromatic rings. The third kappa shape index (κ3) is 10.0. The molecular weight excluding hydrogens is 455 g/mol. The van der Waals surface area contributed by atoms with Crippen LogP contribution in [-0.2, 0) is 6.54 Å². The van der Waals surface area contributed by atoms with Crippen molar-refractivity contribution in [1.29, 1.82) is 0 Å². The molecule has 0 amide bonds. The lowest BCUT2D eigenvalue weighted by Crippen LogP contribution is -2.42. The summed E-state index contributed by atoms with van der Waals surface area (Å²) in [6, 6.07) is 5.72. The van der Waals surface area contributed by atoms with Gasteiger partial charge in [0.2, 0.25) is 0 Å². The number of guanidine groups is 1. The van der Waals surface area contributed by atoms with Crippen molar-refractivity contribution in [1.82, 2.24) is 15.5 Å². The Morgan fingerprint density at radius 1 is 1.26 bits per heavy atom. The minimum atomic E-state index is 0. The Labute approximate surface area is 181 Å². The third-order valence-corrected chi connectivity index (χ3v) is 4.40. The molecule has 0 saturated heterocycles. The van der Waals surface area contributed by atoms with E-state index >= 15 is 0 Å². The zero-order valence-electron chi connectivity index (χ0n) is 17.4. The second-order valence-corrected chi connectivity index (χ2v) is 6.42. The summed E-state index contributed by atoms with van der Waals surface area (Å²) in [5.74, 6) is 1.42. The van der Waals surface area contributed by atoms with Crippen LogP contribution in [0.3, 0.4) is 0 Å². The first kappa shape index (κ1) is 25.8. The summed E-state index contributed by atoms with van der Waals surface area (Å²) >= 11 is 0. The molecule has 0 fully saturated rings. The number of aliphatic imine (C=N–C) groups is 1. The van der Waals surface area contributed by atoms with Crippen molar-refractivity contribution >= 4 is 29.9 Å². The largest absolute Gasteiger partial charge is 0.504 e. The molecule has 1 rings (SSSR count). The van der Waals surface area contributed by atoms with E-state index in [4.69, 9.17) is 4.74 Å². The summed E-state index contributed by atoms with van der Waals surface area (Å²) in [6.07, 6.45) is 2.27. The second-order valence-electron chi connectivity index (χ2n) is 6.42. The average molecular weight is 492 g/mol. The molecule has 0 radical (unpaired) electrons. The van der Waals surface area contributed by atoms with Crippen LogP contribution in [0.4, 0.5) is 0 Å². The maximum Gasteiger partial charge on any atom is 0.191 e. The van der Waals surface area contributed by atoms with E-state index in [-0.39, 0.29) is 29.7 Å². The highest BCUT2D eigenvalue weighted by molar-refractivity contribution is 14.0. The van der Waals surface area contributed by atoms with Crippen molar-refractivity contribution in [3.63, 3.8) is 0 Å². The van der Waals surface area contributed by atoms with Crippen molar-refractivity contribution in [2.24, 2.45) is 4.99 Å². The molecule has 0 heterocycles. The predicted molar refractivity (Wildman–Crippen MR) is 125 cm³/mol. The number of methoxy groups -OCH3 is 1. The number of hydrogen-bond donors (Lipinski definition) is 3. The van der Waals surface area contributed by atoms with Crippen LogP contribution in [0, 0.1) is 0 Å². The van der Waals surface area contributed by atoms with E-state index in [9.17, 15) is 5.11 Å². The van der Waals surface area contributed by atoms with Crippen molar-refractivity contribution in [2.45, 2.75) is 53.1 Å². The third-order valence-electron chi connectivity index (χ3n) is 4.40. The van der Waals surface area contributed by atoms with Gasteiger partial charge in [-0.3, -0.25) is 0 Å². The molecule has 0 aliphatic rings. The van der Waals surface area contributed by atoms with Crippen LogP contribution in [0.25, 0.3) is 0 Å². The number of nitrogens with one attached hydrogen (secondary N) is 2. The zero-order chi connectivity index (χ0) is 19.4. The van der Waals surface area contributed by atoms with Gasteiger partial charge in [0, 0.05) is 12.6 Å². The normalized spacial score (nSPS) is 12.4. The molecule has 0 aromatic heterocycles. The molecule has 0 bridgehead atoms. The van der Waals surface area contributed by atoms with Crippen LogP contribution in [0.2, 0.25) is 0 Å². The molecule has 0 spiro atoms. The average Bonchev–Trinajstić information content (AvgIpc) is 2.63. The number of phenolic OH excluding ortho intramolecular Hbond substituents is 1. The first-order chi connectivity index (χ1) is 12.5. The van der Waals surface area contributed by atoms with Crippen molar-refractivity contribution in [3.05, 3.63) is 23.8 Å². The molecule has 0 aliphatic heterocycles. The van der Waals surface area contributed by atoms with Gasteiger partial charge in [-0.15, -0.1) is 24.0 Å². The van der Waals surface area contributed by atoms with Gasteiger partial charge in [-0.2, -0.15) is 0 Å². The monoisotopic (exact) mass is 492 g/mol. The number of rotatable bonds is 11. The lowest BCUT2D eigenvalue weighted by Gasteiger charge is -2.21. The molecule has 0 saturated carbocycles. The molecular formula is C20H37IN4O2. The molecule has 7 heteroatoms. The fourth-order valence-electron chi connectivity index (χ4n) is 2.79. The van der Waals surface area contributed by atoms with Gasteiger partial charge in [-0.05, 0) is 64.0 Å². The molecule has 1 atom stereocenters. The Bertz CT molecular complexity index is 551. The van der Waals surface area contributed by atoms with E-state index in [1.54, 1.807) is 19.2 Å². The highest BCUT2D eigenvalue weighted by Gasteiger charge is 2.07. The smallest absolute Gasteiger partial charge is 0.191 e. The lowest BCUT2D eigenvalue weighted by molar-refractivity contribution is 0.292. The van der Waals surface area contributed by atoms with Gasteiger partial charge in [-0.1, -0.05) is 19.9 Å². The van der Waals surface area contributed by atoms with Gasteiger partial charge in [0.15, 0.2) is 17.5 Å². The van der Waals surface area contributed by atoms with Gasteiger partial charge in [-0.25, -0.2) is 4.99 Å². The van der Waals surface area contributed by atoms with Gasteiger partial charge in [0.1, 0.15) is 0 Å². The van der Waals surface area contributed by atoms with E-state index in [0.717, 1.165) is 44.1 Å². The Kier molecular flexibility index (Phi) is 14.1. The first-order valence-corrected chi connectivity index (χ1v) is 9.67. The number of nitrogens with zero attached hydrogens (tertiary/aromatic N) is 2. The number of aromatic hydroxyl groups is 1. The summed E-state index contributed by atoms with van der Waals surface area (Å²) in [4.78, 5) is 7.07. The Morgan fingerprint density at radius 3 is 2.52 bits per heavy atom. The molecule has 6 nitrogen and oxygen atoms in total. The number of ether oxygens (including phenoxy) is 1. The Balaban J connectivity index is 0.00000676. The SMILES string of the molecule is CCNC(=NCc1ccc(OC)c(O)c1)NC(C)CCCN(CC)CC.I. The first-order valence-electron chi connectivity index (χ1n) is 9.67. The molecule has 0 aliphatic carbocycles.